The topological polar surface area (TPSA) is 18.5 Å². The molecule has 0 aliphatic carbocycles. The maximum atomic E-state index is 13.0. The monoisotopic (exact) mass is 326 g/mol. The number of unbranched alkanes of at least 4 members (excludes halogenated alkanes) is 3. The van der Waals surface area contributed by atoms with Crippen molar-refractivity contribution >= 4 is 12.4 Å². The van der Waals surface area contributed by atoms with Crippen LogP contribution in [-0.2, 0) is 0 Å². The number of hydrogen-bond donors (Lipinski definition) is 0. The van der Waals surface area contributed by atoms with E-state index in [0.29, 0.717) is 0 Å². The first kappa shape index (κ1) is 21.1. The molecule has 0 N–H and O–H groups in total. The number of rotatable bonds is 9. The number of methoxy groups -OCH3 is 1. The summed E-state index contributed by atoms with van der Waals surface area (Å²) in [6.45, 7) is -1.22. The Balaban J connectivity index is 0.00000400. The Labute approximate surface area is 166 Å². The molecule has 0 saturated heterocycles. The van der Waals surface area contributed by atoms with Crippen molar-refractivity contribution in [3.8, 4) is 11.5 Å². The molecule has 0 spiro atoms. The Morgan fingerprint density at radius 2 is 1.90 bits per heavy atom. The smallest absolute Gasteiger partial charge is 0.497 e. The van der Waals surface area contributed by atoms with Crippen LogP contribution in [0.15, 0.2) is 30.9 Å². The predicted molar refractivity (Wildman–Crippen MR) is 75.9 cm³/mol. The summed E-state index contributed by atoms with van der Waals surface area (Å²) in [6.07, 6.45) is 5.36. The van der Waals surface area contributed by atoms with Gasteiger partial charge in [0.05, 0.1) is 19.5 Å². The Morgan fingerprint density at radius 1 is 1.19 bits per heavy atom. The van der Waals surface area contributed by atoms with E-state index in [1.807, 2.05) is 6.08 Å². The summed E-state index contributed by atoms with van der Waals surface area (Å²) in [7, 11) is 1.34. The molecule has 0 aromatic heterocycles. The molecule has 0 fully saturated rings. The van der Waals surface area contributed by atoms with Crippen molar-refractivity contribution in [3.05, 3.63) is 30.9 Å². The van der Waals surface area contributed by atoms with Gasteiger partial charge in [0.15, 0.2) is 0 Å². The fourth-order valence-electron chi connectivity index (χ4n) is 1.79. The number of allylic oxidation sites excluding steroid dienone is 1. The number of hydrogen-bond acceptors (Lipinski definition) is 2. The van der Waals surface area contributed by atoms with Crippen molar-refractivity contribution in [1.29, 1.82) is 0 Å². The molecule has 2 nitrogen and oxygen atoms in total. The molecule has 0 atom stereocenters. The van der Waals surface area contributed by atoms with Gasteiger partial charge in [-0.15, -0.1) is 6.58 Å². The van der Waals surface area contributed by atoms with Crippen LogP contribution >= 0.6 is 0 Å². The second-order valence-electron chi connectivity index (χ2n) is 4.46. The van der Waals surface area contributed by atoms with E-state index in [2.05, 4.69) is 6.58 Å². The molecule has 112 valence electrons. The van der Waals surface area contributed by atoms with E-state index in [0.717, 1.165) is 31.7 Å². The van der Waals surface area contributed by atoms with Crippen molar-refractivity contribution in [2.24, 2.45) is 0 Å². The molecule has 0 bridgehead atoms. The van der Waals surface area contributed by atoms with Crippen LogP contribution in [0.25, 0.3) is 0 Å². The fourth-order valence-corrected chi connectivity index (χ4v) is 1.79. The summed E-state index contributed by atoms with van der Waals surface area (Å²) >= 11 is 0. The van der Waals surface area contributed by atoms with Crippen molar-refractivity contribution in [1.82, 2.24) is 0 Å². The average molecular weight is 326 g/mol. The number of benzene rings is 1. The van der Waals surface area contributed by atoms with Gasteiger partial charge >= 0.3 is 58.4 Å². The second kappa shape index (κ2) is 10.7. The first-order valence-corrected chi connectivity index (χ1v) is 6.60. The van der Waals surface area contributed by atoms with Crippen LogP contribution < -0.4 is 66.3 Å². The Kier molecular flexibility index (Phi) is 10.7. The summed E-state index contributed by atoms with van der Waals surface area (Å²) in [5.74, 6) is 0.0551. The Hall–Kier alpha value is 0.0513. The molecule has 0 amide bonds. The zero-order valence-corrected chi connectivity index (χ0v) is 15.7. The van der Waals surface area contributed by atoms with Crippen LogP contribution in [0.4, 0.5) is 12.9 Å². The van der Waals surface area contributed by atoms with Crippen molar-refractivity contribution in [2.45, 2.75) is 25.7 Å². The van der Waals surface area contributed by atoms with Crippen molar-refractivity contribution in [2.75, 3.05) is 13.7 Å². The van der Waals surface area contributed by atoms with Crippen LogP contribution in [0.1, 0.15) is 25.7 Å². The van der Waals surface area contributed by atoms with Gasteiger partial charge < -0.3 is 22.4 Å². The summed E-state index contributed by atoms with van der Waals surface area (Å²) in [5, 5.41) is 0. The molecule has 0 saturated carbocycles. The van der Waals surface area contributed by atoms with Crippen LogP contribution in [0, 0.1) is 0 Å². The van der Waals surface area contributed by atoms with Gasteiger partial charge in [-0.3, -0.25) is 0 Å². The van der Waals surface area contributed by atoms with Crippen LogP contribution in [0.5, 0.6) is 11.5 Å². The maximum Gasteiger partial charge on any atom is 1.00 e. The number of halogens is 3. The third-order valence-electron chi connectivity index (χ3n) is 2.88. The second-order valence-corrected chi connectivity index (χ2v) is 4.46. The zero-order valence-electron chi connectivity index (χ0n) is 12.6. The third kappa shape index (κ3) is 7.74. The third-order valence-corrected chi connectivity index (χ3v) is 2.88. The average Bonchev–Trinajstić information content (AvgIpc) is 2.41. The normalized spacial score (nSPS) is 10.7. The minimum atomic E-state index is -5.11. The molecule has 7 heteroatoms. The Bertz CT molecular complexity index is 439. The van der Waals surface area contributed by atoms with Crippen LogP contribution in [0.2, 0.25) is 0 Å². The fraction of sp³-hybridized carbons (Fsp3) is 0.429. The molecule has 1 aromatic carbocycles. The summed E-state index contributed by atoms with van der Waals surface area (Å²) in [4.78, 5) is 0. The van der Waals surface area contributed by atoms with Gasteiger partial charge in [-0.1, -0.05) is 11.5 Å². The van der Waals surface area contributed by atoms with Crippen molar-refractivity contribution < 1.29 is 73.8 Å². The van der Waals surface area contributed by atoms with E-state index in [-0.39, 0.29) is 69.5 Å². The Morgan fingerprint density at radius 3 is 2.48 bits per heavy atom. The molecule has 0 unspecified atom stereocenters. The summed E-state index contributed by atoms with van der Waals surface area (Å²) in [6, 6.07) is 3.76. The van der Waals surface area contributed by atoms with Gasteiger partial charge in [-0.2, -0.15) is 0 Å². The van der Waals surface area contributed by atoms with E-state index in [4.69, 9.17) is 9.47 Å². The largest absolute Gasteiger partial charge is 1.00 e. The summed E-state index contributed by atoms with van der Waals surface area (Å²) in [5.41, 5.74) is -0.740. The molecule has 1 rings (SSSR count). The first-order chi connectivity index (χ1) is 9.49. The summed E-state index contributed by atoms with van der Waals surface area (Å²) < 4.78 is 48.9. The van der Waals surface area contributed by atoms with Crippen LogP contribution in [-0.4, -0.2) is 20.7 Å². The quantitative estimate of drug-likeness (QED) is 0.381. The number of ether oxygens (including phenoxy) is 2. The van der Waals surface area contributed by atoms with E-state index >= 15 is 0 Å². The van der Waals surface area contributed by atoms with Gasteiger partial charge in [0, 0.05) is 0 Å². The molecular weight excluding hydrogens is 307 g/mol. The van der Waals surface area contributed by atoms with Gasteiger partial charge in [-0.05, 0) is 43.9 Å². The standard InChI is InChI=1S/C14H19BF3O2.K/c1-3-4-5-6-7-10-20-14-9-8-12(19-2)11-13(14)15(16,17)18;/h3,8-9,11H,1,4-7,10H2,2H3;/q-1;+1. The molecule has 0 heterocycles. The molecule has 1 aromatic rings. The molecule has 21 heavy (non-hydrogen) atoms. The minimum absolute atomic E-state index is 0. The van der Waals surface area contributed by atoms with E-state index in [9.17, 15) is 12.9 Å². The van der Waals surface area contributed by atoms with E-state index in [1.165, 1.54) is 19.2 Å². The van der Waals surface area contributed by atoms with E-state index in [1.54, 1.807) is 0 Å². The van der Waals surface area contributed by atoms with Crippen LogP contribution in [0.3, 0.4) is 0 Å². The predicted octanol–water partition coefficient (Wildman–Crippen LogP) is 0.879. The van der Waals surface area contributed by atoms with Gasteiger partial charge in [0.25, 0.3) is 0 Å². The van der Waals surface area contributed by atoms with Gasteiger partial charge in [0.1, 0.15) is 5.75 Å². The first-order valence-electron chi connectivity index (χ1n) is 6.60. The molecule has 0 aliphatic heterocycles. The SMILES string of the molecule is C=CCCCCCOc1ccc(OC)cc1[B-](F)(F)F.[K+]. The molecule has 0 aliphatic rings. The zero-order chi connectivity index (χ0) is 15.0. The van der Waals surface area contributed by atoms with Gasteiger partial charge in [-0.25, -0.2) is 0 Å². The van der Waals surface area contributed by atoms with Gasteiger partial charge in [0.2, 0.25) is 0 Å². The minimum Gasteiger partial charge on any atom is -0.497 e. The maximum absolute atomic E-state index is 13.0. The van der Waals surface area contributed by atoms with Crippen molar-refractivity contribution in [3.63, 3.8) is 0 Å². The van der Waals surface area contributed by atoms with E-state index < -0.39 is 12.4 Å². The molecular formula is C14H19BF3KO2. The molecule has 0 radical (unpaired) electrons.